The average molecular weight is 645 g/mol. The molecule has 0 fully saturated rings. The molecule has 2 aromatic heterocycles. The lowest BCUT2D eigenvalue weighted by Gasteiger charge is -2.28. The van der Waals surface area contributed by atoms with Crippen molar-refractivity contribution in [2.75, 3.05) is 4.90 Å². The highest BCUT2D eigenvalue weighted by atomic mass is 16.3. The molecule has 0 bridgehead atoms. The van der Waals surface area contributed by atoms with Crippen molar-refractivity contribution >= 4 is 50.1 Å². The number of furan rings is 1. The van der Waals surface area contributed by atoms with Gasteiger partial charge in [-0.15, -0.1) is 0 Å². The van der Waals surface area contributed by atoms with Crippen LogP contribution in [0.3, 0.4) is 0 Å². The highest BCUT2D eigenvalue weighted by Gasteiger charge is 2.36. The molecular formula is C46H32N2O2. The number of hydrogen-bond acceptors (Lipinski definition) is 4. The van der Waals surface area contributed by atoms with Crippen LogP contribution >= 0.6 is 0 Å². The maximum Gasteiger partial charge on any atom is 0.228 e. The van der Waals surface area contributed by atoms with Crippen LogP contribution in [0, 0.1) is 0 Å². The monoisotopic (exact) mass is 644 g/mol. The van der Waals surface area contributed by atoms with Gasteiger partial charge < -0.3 is 13.7 Å². The van der Waals surface area contributed by atoms with Crippen molar-refractivity contribution in [1.29, 1.82) is 0 Å². The normalized spacial score (nSPS) is 13.2. The molecule has 0 aliphatic heterocycles. The standard InChI is InChI=1S/C46H32N2O2/c1-46(2)37-17-7-6-14-33(37)34-27-26-32(28-38(34)46)48(31-24-22-30(23-25-31)29-12-4-3-5-13-29)40-19-10-15-35-43-36(16-11-21-42(43)49-44(35)40)45-47-39-18-8-9-20-41(39)50-45/h3-28H,1-2H3. The Morgan fingerprint density at radius 1 is 0.520 bits per heavy atom. The van der Waals surface area contributed by atoms with Crippen LogP contribution in [0.5, 0.6) is 0 Å². The molecule has 7 aromatic carbocycles. The lowest BCUT2D eigenvalue weighted by molar-refractivity contribution is 0.620. The number of fused-ring (bicyclic) bond motifs is 7. The Labute approximate surface area is 289 Å². The van der Waals surface area contributed by atoms with Crippen molar-refractivity contribution in [2.24, 2.45) is 0 Å². The van der Waals surface area contributed by atoms with Crippen LogP contribution in [0.1, 0.15) is 25.0 Å². The third kappa shape index (κ3) is 4.28. The van der Waals surface area contributed by atoms with Crippen molar-refractivity contribution in [2.45, 2.75) is 19.3 Å². The molecule has 1 aliphatic carbocycles. The second-order valence-electron chi connectivity index (χ2n) is 13.6. The Bertz CT molecular complexity index is 2700. The Balaban J connectivity index is 1.19. The molecule has 50 heavy (non-hydrogen) atoms. The number of benzene rings is 7. The van der Waals surface area contributed by atoms with Gasteiger partial charge in [-0.05, 0) is 88.0 Å². The number of aromatic nitrogens is 1. The van der Waals surface area contributed by atoms with E-state index >= 15 is 0 Å². The van der Waals surface area contributed by atoms with E-state index in [1.165, 1.54) is 33.4 Å². The number of anilines is 3. The van der Waals surface area contributed by atoms with Gasteiger partial charge in [0.05, 0.1) is 5.69 Å². The van der Waals surface area contributed by atoms with Crippen molar-refractivity contribution in [3.05, 3.63) is 169 Å². The zero-order chi connectivity index (χ0) is 33.4. The Morgan fingerprint density at radius 2 is 1.20 bits per heavy atom. The van der Waals surface area contributed by atoms with Crippen LogP contribution in [0.25, 0.3) is 66.7 Å². The van der Waals surface area contributed by atoms with Gasteiger partial charge in [0.1, 0.15) is 11.1 Å². The fourth-order valence-corrected chi connectivity index (χ4v) is 7.87. The van der Waals surface area contributed by atoms with E-state index in [2.05, 4.69) is 140 Å². The largest absolute Gasteiger partial charge is 0.454 e. The fraction of sp³-hybridized carbons (Fsp3) is 0.0652. The van der Waals surface area contributed by atoms with E-state index in [4.69, 9.17) is 13.8 Å². The van der Waals surface area contributed by atoms with E-state index < -0.39 is 0 Å². The Hall–Kier alpha value is -6.39. The van der Waals surface area contributed by atoms with Crippen molar-refractivity contribution in [3.8, 4) is 33.7 Å². The first-order valence-corrected chi connectivity index (χ1v) is 17.0. The van der Waals surface area contributed by atoms with E-state index in [9.17, 15) is 0 Å². The third-order valence-corrected chi connectivity index (χ3v) is 10.3. The van der Waals surface area contributed by atoms with Gasteiger partial charge in [-0.1, -0.05) is 117 Å². The van der Waals surface area contributed by atoms with Crippen LogP contribution in [0.2, 0.25) is 0 Å². The third-order valence-electron chi connectivity index (χ3n) is 10.3. The van der Waals surface area contributed by atoms with Crippen LogP contribution in [0.15, 0.2) is 167 Å². The minimum absolute atomic E-state index is 0.134. The van der Waals surface area contributed by atoms with Gasteiger partial charge in [-0.25, -0.2) is 4.98 Å². The fourth-order valence-electron chi connectivity index (χ4n) is 7.87. The molecule has 0 amide bonds. The van der Waals surface area contributed by atoms with Gasteiger partial charge in [0.25, 0.3) is 0 Å². The average Bonchev–Trinajstić information content (AvgIpc) is 3.84. The molecule has 0 saturated heterocycles. The molecule has 0 radical (unpaired) electrons. The maximum absolute atomic E-state index is 6.81. The topological polar surface area (TPSA) is 42.4 Å². The molecule has 0 N–H and O–H groups in total. The summed E-state index contributed by atoms with van der Waals surface area (Å²) in [4.78, 5) is 7.18. The summed E-state index contributed by atoms with van der Waals surface area (Å²) in [5.41, 5.74) is 14.7. The molecule has 0 saturated carbocycles. The molecule has 4 nitrogen and oxygen atoms in total. The first-order valence-electron chi connectivity index (χ1n) is 17.0. The second-order valence-corrected chi connectivity index (χ2v) is 13.6. The van der Waals surface area contributed by atoms with Crippen LogP contribution < -0.4 is 4.90 Å². The van der Waals surface area contributed by atoms with Crippen LogP contribution in [-0.2, 0) is 5.41 Å². The highest BCUT2D eigenvalue weighted by molar-refractivity contribution is 6.15. The number of para-hydroxylation sites is 3. The molecule has 2 heterocycles. The molecule has 1 aliphatic rings. The lowest BCUT2D eigenvalue weighted by atomic mass is 9.82. The summed E-state index contributed by atoms with van der Waals surface area (Å²) in [5.74, 6) is 0.582. The quantitative estimate of drug-likeness (QED) is 0.187. The minimum atomic E-state index is -0.134. The van der Waals surface area contributed by atoms with Gasteiger partial charge in [-0.2, -0.15) is 0 Å². The first-order chi connectivity index (χ1) is 24.5. The lowest BCUT2D eigenvalue weighted by Crippen LogP contribution is -2.16. The van der Waals surface area contributed by atoms with Gasteiger partial charge >= 0.3 is 0 Å². The molecule has 0 unspecified atom stereocenters. The smallest absolute Gasteiger partial charge is 0.228 e. The summed E-state index contributed by atoms with van der Waals surface area (Å²) >= 11 is 0. The first kappa shape index (κ1) is 28.6. The number of nitrogens with zero attached hydrogens (tertiary/aromatic N) is 2. The predicted molar refractivity (Wildman–Crippen MR) is 204 cm³/mol. The van der Waals surface area contributed by atoms with E-state index in [1.807, 2.05) is 36.4 Å². The zero-order valence-corrected chi connectivity index (χ0v) is 27.7. The molecule has 0 atom stereocenters. The molecule has 10 rings (SSSR count). The van der Waals surface area contributed by atoms with Gasteiger partial charge in [0.15, 0.2) is 11.2 Å². The van der Waals surface area contributed by atoms with Crippen molar-refractivity contribution in [3.63, 3.8) is 0 Å². The van der Waals surface area contributed by atoms with E-state index in [0.717, 1.165) is 55.7 Å². The minimum Gasteiger partial charge on any atom is -0.454 e. The van der Waals surface area contributed by atoms with E-state index in [-0.39, 0.29) is 5.41 Å². The van der Waals surface area contributed by atoms with E-state index in [1.54, 1.807) is 0 Å². The predicted octanol–water partition coefficient (Wildman–Crippen LogP) is 12.8. The summed E-state index contributed by atoms with van der Waals surface area (Å²) in [6.07, 6.45) is 0. The SMILES string of the molecule is CC1(C)c2ccccc2-c2ccc(N(c3ccc(-c4ccccc4)cc3)c3cccc4c3oc3cccc(-c5nc6ccccc6o5)c34)cc21. The van der Waals surface area contributed by atoms with Gasteiger partial charge in [0, 0.05) is 33.1 Å². The van der Waals surface area contributed by atoms with Crippen molar-refractivity contribution < 1.29 is 8.83 Å². The number of rotatable bonds is 5. The van der Waals surface area contributed by atoms with E-state index in [0.29, 0.717) is 5.89 Å². The summed E-state index contributed by atoms with van der Waals surface area (Å²) in [6.45, 7) is 4.65. The van der Waals surface area contributed by atoms with Crippen LogP contribution in [-0.4, -0.2) is 4.98 Å². The summed E-state index contributed by atoms with van der Waals surface area (Å²) in [5, 5.41) is 2.00. The van der Waals surface area contributed by atoms with Crippen LogP contribution in [0.4, 0.5) is 17.1 Å². The molecular weight excluding hydrogens is 613 g/mol. The summed E-state index contributed by atoms with van der Waals surface area (Å²) in [6, 6.07) is 55.4. The molecule has 238 valence electrons. The Kier molecular flexibility index (Phi) is 6.19. The van der Waals surface area contributed by atoms with Crippen molar-refractivity contribution in [1.82, 2.24) is 4.98 Å². The molecule has 0 spiro atoms. The molecule has 9 aromatic rings. The maximum atomic E-state index is 6.81. The second kappa shape index (κ2) is 10.8. The summed E-state index contributed by atoms with van der Waals surface area (Å²) in [7, 11) is 0. The number of oxazole rings is 1. The number of hydrogen-bond donors (Lipinski definition) is 0. The Morgan fingerprint density at radius 3 is 2.06 bits per heavy atom. The zero-order valence-electron chi connectivity index (χ0n) is 27.7. The van der Waals surface area contributed by atoms with Gasteiger partial charge in [0.2, 0.25) is 5.89 Å². The molecule has 4 heteroatoms. The summed E-state index contributed by atoms with van der Waals surface area (Å²) < 4.78 is 13.1. The van der Waals surface area contributed by atoms with Gasteiger partial charge in [-0.3, -0.25) is 0 Å². The highest BCUT2D eigenvalue weighted by Crippen LogP contribution is 2.51.